The predicted octanol–water partition coefficient (Wildman–Crippen LogP) is 2.05. The standard InChI is InChI=1S/C10H10F2N2/c1-10(14,2-3-13)7-4-8(11)6-9(12)5-7/h4-6H,2,14H2,1H3/t10-/m1/s1. The summed E-state index contributed by atoms with van der Waals surface area (Å²) >= 11 is 0. The summed E-state index contributed by atoms with van der Waals surface area (Å²) in [5.41, 5.74) is 5.00. The molecular formula is C10H10F2N2. The first-order valence-corrected chi connectivity index (χ1v) is 4.08. The predicted molar refractivity (Wildman–Crippen MR) is 48.1 cm³/mol. The molecule has 14 heavy (non-hydrogen) atoms. The molecule has 1 aromatic carbocycles. The molecule has 0 unspecified atom stereocenters. The van der Waals surface area contributed by atoms with E-state index in [2.05, 4.69) is 0 Å². The van der Waals surface area contributed by atoms with Gasteiger partial charge in [0, 0.05) is 6.07 Å². The van der Waals surface area contributed by atoms with Crippen molar-refractivity contribution in [2.24, 2.45) is 5.73 Å². The van der Waals surface area contributed by atoms with E-state index in [1.165, 1.54) is 0 Å². The molecule has 0 amide bonds. The second kappa shape index (κ2) is 3.72. The Balaban J connectivity index is 3.13. The van der Waals surface area contributed by atoms with Crippen LogP contribution in [0.3, 0.4) is 0 Å². The highest BCUT2D eigenvalue weighted by molar-refractivity contribution is 5.26. The first-order chi connectivity index (χ1) is 6.45. The van der Waals surface area contributed by atoms with Gasteiger partial charge in [0.2, 0.25) is 0 Å². The average molecular weight is 196 g/mol. The number of nitrogens with two attached hydrogens (primary N) is 1. The van der Waals surface area contributed by atoms with E-state index in [9.17, 15) is 8.78 Å². The van der Waals surface area contributed by atoms with Crippen molar-refractivity contribution in [3.8, 4) is 6.07 Å². The van der Waals surface area contributed by atoms with Crippen molar-refractivity contribution in [3.05, 3.63) is 35.4 Å². The Bertz CT molecular complexity index is 360. The molecule has 0 fully saturated rings. The van der Waals surface area contributed by atoms with Crippen molar-refractivity contribution in [2.75, 3.05) is 0 Å². The summed E-state index contributed by atoms with van der Waals surface area (Å²) in [5.74, 6) is -1.37. The molecule has 0 saturated carbocycles. The van der Waals surface area contributed by atoms with Crippen LogP contribution in [-0.2, 0) is 5.54 Å². The van der Waals surface area contributed by atoms with Gasteiger partial charge in [0.05, 0.1) is 18.0 Å². The topological polar surface area (TPSA) is 49.8 Å². The summed E-state index contributed by atoms with van der Waals surface area (Å²) in [5, 5.41) is 8.48. The van der Waals surface area contributed by atoms with Crippen LogP contribution in [0, 0.1) is 23.0 Å². The van der Waals surface area contributed by atoms with Gasteiger partial charge in [-0.2, -0.15) is 5.26 Å². The SMILES string of the molecule is C[C@@](N)(CC#N)c1cc(F)cc(F)c1. The van der Waals surface area contributed by atoms with Gasteiger partial charge in [-0.25, -0.2) is 8.78 Å². The van der Waals surface area contributed by atoms with Gasteiger partial charge in [-0.3, -0.25) is 0 Å². The smallest absolute Gasteiger partial charge is 0.126 e. The van der Waals surface area contributed by atoms with Gasteiger partial charge in [0.1, 0.15) is 11.6 Å². The number of rotatable bonds is 2. The molecule has 1 atom stereocenters. The van der Waals surface area contributed by atoms with Crippen LogP contribution >= 0.6 is 0 Å². The van der Waals surface area contributed by atoms with E-state index >= 15 is 0 Å². The largest absolute Gasteiger partial charge is 0.321 e. The fraction of sp³-hybridized carbons (Fsp3) is 0.300. The third kappa shape index (κ3) is 2.27. The van der Waals surface area contributed by atoms with E-state index in [1.807, 2.05) is 6.07 Å². The summed E-state index contributed by atoms with van der Waals surface area (Å²) in [6, 6.07) is 4.92. The van der Waals surface area contributed by atoms with Crippen molar-refractivity contribution in [1.82, 2.24) is 0 Å². The first kappa shape index (κ1) is 10.6. The number of benzene rings is 1. The summed E-state index contributed by atoms with van der Waals surface area (Å²) in [6.07, 6.45) is 0.00981. The molecular weight excluding hydrogens is 186 g/mol. The van der Waals surface area contributed by atoms with Crippen LogP contribution in [0.5, 0.6) is 0 Å². The molecule has 2 N–H and O–H groups in total. The Kier molecular flexibility index (Phi) is 2.82. The minimum Gasteiger partial charge on any atom is -0.321 e. The second-order valence-corrected chi connectivity index (χ2v) is 3.41. The van der Waals surface area contributed by atoms with Crippen molar-refractivity contribution < 1.29 is 8.78 Å². The molecule has 0 aliphatic heterocycles. The third-order valence-corrected chi connectivity index (χ3v) is 1.97. The number of halogens is 2. The van der Waals surface area contributed by atoms with Gasteiger partial charge < -0.3 is 5.73 Å². The van der Waals surface area contributed by atoms with Crippen LogP contribution in [0.2, 0.25) is 0 Å². The molecule has 4 heteroatoms. The van der Waals surface area contributed by atoms with Crippen LogP contribution in [-0.4, -0.2) is 0 Å². The zero-order chi connectivity index (χ0) is 10.8. The van der Waals surface area contributed by atoms with E-state index in [0.29, 0.717) is 0 Å². The number of nitrogens with zero attached hydrogens (tertiary/aromatic N) is 1. The monoisotopic (exact) mass is 196 g/mol. The average Bonchev–Trinajstić information content (AvgIpc) is 2.02. The highest BCUT2D eigenvalue weighted by atomic mass is 19.1. The minimum atomic E-state index is -1.02. The molecule has 0 bridgehead atoms. The molecule has 0 radical (unpaired) electrons. The number of hydrogen-bond acceptors (Lipinski definition) is 2. The lowest BCUT2D eigenvalue weighted by molar-refractivity contribution is 0.492. The quantitative estimate of drug-likeness (QED) is 0.786. The van der Waals surface area contributed by atoms with Gasteiger partial charge in [0.25, 0.3) is 0 Å². The maximum atomic E-state index is 12.8. The number of hydrogen-bond donors (Lipinski definition) is 1. The zero-order valence-electron chi connectivity index (χ0n) is 7.72. The first-order valence-electron chi connectivity index (χ1n) is 4.08. The van der Waals surface area contributed by atoms with E-state index in [0.717, 1.165) is 18.2 Å². The molecule has 1 aromatic rings. The molecule has 0 aromatic heterocycles. The Labute approximate surface area is 81.0 Å². The highest BCUT2D eigenvalue weighted by Crippen LogP contribution is 2.22. The fourth-order valence-corrected chi connectivity index (χ4v) is 1.15. The summed E-state index contributed by atoms with van der Waals surface area (Å²) in [6.45, 7) is 1.56. The second-order valence-electron chi connectivity index (χ2n) is 3.41. The minimum absolute atomic E-state index is 0.00981. The van der Waals surface area contributed by atoms with E-state index in [-0.39, 0.29) is 12.0 Å². The Hall–Kier alpha value is -1.47. The van der Waals surface area contributed by atoms with Gasteiger partial charge in [-0.1, -0.05) is 0 Å². The van der Waals surface area contributed by atoms with Crippen LogP contribution in [0.15, 0.2) is 18.2 Å². The Morgan fingerprint density at radius 3 is 2.29 bits per heavy atom. The summed E-state index contributed by atoms with van der Waals surface area (Å²) in [4.78, 5) is 0. The van der Waals surface area contributed by atoms with Gasteiger partial charge in [0.15, 0.2) is 0 Å². The Morgan fingerprint density at radius 1 is 1.36 bits per heavy atom. The summed E-state index contributed by atoms with van der Waals surface area (Å²) < 4.78 is 25.6. The van der Waals surface area contributed by atoms with Crippen molar-refractivity contribution >= 4 is 0 Å². The van der Waals surface area contributed by atoms with Gasteiger partial charge >= 0.3 is 0 Å². The molecule has 0 heterocycles. The van der Waals surface area contributed by atoms with Crippen molar-refractivity contribution in [3.63, 3.8) is 0 Å². The molecule has 74 valence electrons. The normalized spacial score (nSPS) is 14.5. The van der Waals surface area contributed by atoms with Gasteiger partial charge in [-0.15, -0.1) is 0 Å². The molecule has 0 aliphatic carbocycles. The molecule has 1 rings (SSSR count). The number of nitriles is 1. The highest BCUT2D eigenvalue weighted by Gasteiger charge is 2.22. The van der Waals surface area contributed by atoms with E-state index in [1.54, 1.807) is 6.92 Å². The Morgan fingerprint density at radius 2 is 1.86 bits per heavy atom. The third-order valence-electron chi connectivity index (χ3n) is 1.97. The molecule has 0 spiro atoms. The molecule has 0 aliphatic rings. The molecule has 2 nitrogen and oxygen atoms in total. The van der Waals surface area contributed by atoms with E-state index < -0.39 is 17.2 Å². The van der Waals surface area contributed by atoms with Crippen LogP contribution in [0.1, 0.15) is 18.9 Å². The summed E-state index contributed by atoms with van der Waals surface area (Å²) in [7, 11) is 0. The van der Waals surface area contributed by atoms with Gasteiger partial charge in [-0.05, 0) is 24.6 Å². The lowest BCUT2D eigenvalue weighted by Crippen LogP contribution is -2.32. The van der Waals surface area contributed by atoms with Crippen molar-refractivity contribution in [1.29, 1.82) is 5.26 Å². The van der Waals surface area contributed by atoms with Crippen LogP contribution < -0.4 is 5.73 Å². The maximum Gasteiger partial charge on any atom is 0.126 e. The molecule has 0 saturated heterocycles. The van der Waals surface area contributed by atoms with Crippen LogP contribution in [0.4, 0.5) is 8.78 Å². The zero-order valence-corrected chi connectivity index (χ0v) is 7.72. The lowest BCUT2D eigenvalue weighted by Gasteiger charge is -2.21. The van der Waals surface area contributed by atoms with Crippen LogP contribution in [0.25, 0.3) is 0 Å². The lowest BCUT2D eigenvalue weighted by atomic mass is 9.90. The fourth-order valence-electron chi connectivity index (χ4n) is 1.15. The van der Waals surface area contributed by atoms with E-state index in [4.69, 9.17) is 11.0 Å². The van der Waals surface area contributed by atoms with Crippen molar-refractivity contribution in [2.45, 2.75) is 18.9 Å². The maximum absolute atomic E-state index is 12.8.